The summed E-state index contributed by atoms with van der Waals surface area (Å²) in [5, 5.41) is 31.3. The molecule has 2 amide bonds. The lowest BCUT2D eigenvalue weighted by Crippen LogP contribution is -2.65. The zero-order valence-electron chi connectivity index (χ0n) is 13.1. The van der Waals surface area contributed by atoms with Crippen molar-refractivity contribution in [3.63, 3.8) is 0 Å². The molecule has 24 heavy (non-hydrogen) atoms. The summed E-state index contributed by atoms with van der Waals surface area (Å²) in [6, 6.07) is -2.43. The summed E-state index contributed by atoms with van der Waals surface area (Å²) in [5.74, 6) is -2.14. The van der Waals surface area contributed by atoms with Crippen LogP contribution in [0, 0.1) is 0 Å². The first-order valence-corrected chi connectivity index (χ1v) is 7.31. The van der Waals surface area contributed by atoms with Gasteiger partial charge in [-0.05, 0) is 6.42 Å². The number of esters is 1. The van der Waals surface area contributed by atoms with Crippen LogP contribution >= 0.6 is 0 Å². The maximum atomic E-state index is 11.9. The molecule has 0 aromatic carbocycles. The van der Waals surface area contributed by atoms with Crippen molar-refractivity contribution in [2.75, 3.05) is 6.61 Å². The first-order valence-electron chi connectivity index (χ1n) is 7.31. The second-order valence-electron chi connectivity index (χ2n) is 5.48. The van der Waals surface area contributed by atoms with Crippen molar-refractivity contribution in [3.05, 3.63) is 0 Å². The number of aliphatic hydroxyl groups excluding tert-OH is 3. The van der Waals surface area contributed by atoms with Gasteiger partial charge in [-0.25, -0.2) is 0 Å². The van der Waals surface area contributed by atoms with Gasteiger partial charge >= 0.3 is 5.97 Å². The Morgan fingerprint density at radius 3 is 2.42 bits per heavy atom. The number of aliphatic hydroxyl groups is 3. The van der Waals surface area contributed by atoms with Crippen LogP contribution in [0.15, 0.2) is 0 Å². The minimum absolute atomic E-state index is 0.0553. The van der Waals surface area contributed by atoms with Crippen molar-refractivity contribution in [2.45, 2.75) is 56.5 Å². The van der Waals surface area contributed by atoms with E-state index in [4.69, 9.17) is 26.0 Å². The minimum Gasteiger partial charge on any atom is -0.432 e. The molecule has 0 saturated carbocycles. The topological polar surface area (TPSA) is 194 Å². The molecule has 11 nitrogen and oxygen atoms in total. The van der Waals surface area contributed by atoms with Gasteiger partial charge in [0.05, 0.1) is 6.61 Å². The van der Waals surface area contributed by atoms with E-state index in [0.717, 1.165) is 6.92 Å². The Morgan fingerprint density at radius 1 is 1.29 bits per heavy atom. The van der Waals surface area contributed by atoms with E-state index in [1.165, 1.54) is 0 Å². The van der Waals surface area contributed by atoms with E-state index in [-0.39, 0.29) is 12.8 Å². The SMILES string of the molecule is CC(=O)N[C@H]1C(OC(=O)[C@@H](N)CCC(N)=O)O[C@H](CO)[C@@H](O)[C@@H]1O. The molecule has 0 aromatic heterocycles. The van der Waals surface area contributed by atoms with Gasteiger partial charge in [-0.3, -0.25) is 14.4 Å². The summed E-state index contributed by atoms with van der Waals surface area (Å²) >= 11 is 0. The van der Waals surface area contributed by atoms with Crippen molar-refractivity contribution >= 4 is 17.8 Å². The third-order valence-corrected chi connectivity index (χ3v) is 3.49. The third-order valence-electron chi connectivity index (χ3n) is 3.49. The smallest absolute Gasteiger partial charge is 0.325 e. The first-order chi connectivity index (χ1) is 11.2. The van der Waals surface area contributed by atoms with E-state index in [1.807, 2.05) is 0 Å². The number of carbonyl (C=O) groups excluding carboxylic acids is 3. The van der Waals surface area contributed by atoms with E-state index < -0.39 is 61.1 Å². The molecule has 1 saturated heterocycles. The lowest BCUT2D eigenvalue weighted by molar-refractivity contribution is -0.264. The Hall–Kier alpha value is -1.79. The molecule has 0 radical (unpaired) electrons. The van der Waals surface area contributed by atoms with Crippen LogP contribution in [-0.4, -0.2) is 76.4 Å². The van der Waals surface area contributed by atoms with Gasteiger partial charge in [-0.1, -0.05) is 0 Å². The van der Waals surface area contributed by atoms with Crippen LogP contribution in [0.1, 0.15) is 19.8 Å². The van der Waals surface area contributed by atoms with Gasteiger partial charge in [-0.15, -0.1) is 0 Å². The fourth-order valence-electron chi connectivity index (χ4n) is 2.19. The quantitative estimate of drug-likeness (QED) is 0.249. The highest BCUT2D eigenvalue weighted by Gasteiger charge is 2.46. The molecule has 0 aromatic rings. The predicted molar refractivity (Wildman–Crippen MR) is 77.9 cm³/mol. The Morgan fingerprint density at radius 2 is 1.92 bits per heavy atom. The summed E-state index contributed by atoms with van der Waals surface area (Å²) in [5.41, 5.74) is 10.5. The maximum absolute atomic E-state index is 11.9. The number of hydrogen-bond acceptors (Lipinski definition) is 9. The zero-order valence-corrected chi connectivity index (χ0v) is 13.1. The predicted octanol–water partition coefficient (Wildman–Crippen LogP) is -3.93. The number of rotatable bonds is 7. The zero-order chi connectivity index (χ0) is 18.4. The molecule has 6 atom stereocenters. The highest BCUT2D eigenvalue weighted by atomic mass is 16.7. The molecule has 1 unspecified atom stereocenters. The second kappa shape index (κ2) is 8.89. The Kier molecular flexibility index (Phi) is 7.51. The van der Waals surface area contributed by atoms with E-state index in [0.29, 0.717) is 0 Å². The number of amides is 2. The second-order valence-corrected chi connectivity index (χ2v) is 5.48. The molecule has 0 spiro atoms. The minimum atomic E-state index is -1.54. The van der Waals surface area contributed by atoms with Crippen molar-refractivity contribution in [2.24, 2.45) is 11.5 Å². The largest absolute Gasteiger partial charge is 0.432 e. The van der Waals surface area contributed by atoms with Gasteiger partial charge in [0.15, 0.2) is 0 Å². The molecule has 0 aliphatic carbocycles. The Labute approximate surface area is 137 Å². The van der Waals surface area contributed by atoms with E-state index in [9.17, 15) is 24.6 Å². The number of hydrogen-bond donors (Lipinski definition) is 6. The average Bonchev–Trinajstić information content (AvgIpc) is 2.51. The van der Waals surface area contributed by atoms with Crippen LogP contribution in [0.3, 0.4) is 0 Å². The molecular formula is C13H23N3O8. The van der Waals surface area contributed by atoms with E-state index in [1.54, 1.807) is 0 Å². The summed E-state index contributed by atoms with van der Waals surface area (Å²) in [4.78, 5) is 33.9. The van der Waals surface area contributed by atoms with E-state index in [2.05, 4.69) is 5.32 Å². The molecule has 1 heterocycles. The lowest BCUT2D eigenvalue weighted by atomic mass is 9.97. The van der Waals surface area contributed by atoms with Gasteiger partial charge in [0, 0.05) is 13.3 Å². The number of nitrogens with two attached hydrogens (primary N) is 2. The van der Waals surface area contributed by atoms with Crippen molar-refractivity contribution in [3.8, 4) is 0 Å². The first kappa shape index (κ1) is 20.3. The standard InChI is InChI=1S/C13H23N3O8/c1-5(18)16-9-11(21)10(20)7(4-17)23-13(9)24-12(22)6(14)2-3-8(15)19/h6-7,9-11,13,17,20-21H,2-4,14H2,1H3,(H2,15,19)(H,16,18)/t6-,7+,9+,10+,11+,13?/m0/s1. The fraction of sp³-hybridized carbons (Fsp3) is 0.769. The van der Waals surface area contributed by atoms with Crippen molar-refractivity contribution in [1.29, 1.82) is 0 Å². The van der Waals surface area contributed by atoms with Gasteiger partial charge in [-0.2, -0.15) is 0 Å². The van der Waals surface area contributed by atoms with Crippen LogP contribution in [0.5, 0.6) is 0 Å². The summed E-state index contributed by atoms with van der Waals surface area (Å²) in [6.45, 7) is 0.515. The number of nitrogens with one attached hydrogen (secondary N) is 1. The summed E-state index contributed by atoms with van der Waals surface area (Å²) in [7, 11) is 0. The fourth-order valence-corrected chi connectivity index (χ4v) is 2.19. The Bertz CT molecular complexity index is 474. The van der Waals surface area contributed by atoms with E-state index >= 15 is 0 Å². The number of ether oxygens (including phenoxy) is 2. The van der Waals surface area contributed by atoms with Crippen LogP contribution in [0.2, 0.25) is 0 Å². The average molecular weight is 349 g/mol. The van der Waals surface area contributed by atoms with Gasteiger partial charge < -0.3 is 41.6 Å². The molecule has 1 aliphatic heterocycles. The molecule has 1 aliphatic rings. The van der Waals surface area contributed by atoms with Crippen LogP contribution in [-0.2, 0) is 23.9 Å². The van der Waals surface area contributed by atoms with Gasteiger partial charge in [0.2, 0.25) is 18.1 Å². The molecule has 0 bridgehead atoms. The number of primary amides is 1. The molecule has 1 fully saturated rings. The highest BCUT2D eigenvalue weighted by Crippen LogP contribution is 2.22. The maximum Gasteiger partial charge on any atom is 0.325 e. The highest BCUT2D eigenvalue weighted by molar-refractivity contribution is 5.78. The molecule has 138 valence electrons. The summed E-state index contributed by atoms with van der Waals surface area (Å²) < 4.78 is 10.2. The number of carbonyl (C=O) groups is 3. The van der Waals surface area contributed by atoms with Crippen molar-refractivity contribution in [1.82, 2.24) is 5.32 Å². The van der Waals surface area contributed by atoms with Crippen LogP contribution < -0.4 is 16.8 Å². The monoisotopic (exact) mass is 349 g/mol. The van der Waals surface area contributed by atoms with Crippen molar-refractivity contribution < 1.29 is 39.2 Å². The van der Waals surface area contributed by atoms with Crippen LogP contribution in [0.4, 0.5) is 0 Å². The summed E-state index contributed by atoms with van der Waals surface area (Å²) in [6.07, 6.45) is -5.91. The van der Waals surface area contributed by atoms with Crippen LogP contribution in [0.25, 0.3) is 0 Å². The Balaban J connectivity index is 2.80. The molecular weight excluding hydrogens is 326 g/mol. The molecule has 8 N–H and O–H groups in total. The van der Waals surface area contributed by atoms with Gasteiger partial charge in [0.25, 0.3) is 0 Å². The third kappa shape index (κ3) is 5.39. The normalized spacial score (nSPS) is 31.1. The molecule has 1 rings (SSSR count). The lowest BCUT2D eigenvalue weighted by Gasteiger charge is -2.41. The molecule has 11 heteroatoms. The van der Waals surface area contributed by atoms with Gasteiger partial charge in [0.1, 0.15) is 30.4 Å².